The third-order valence-corrected chi connectivity index (χ3v) is 2.86. The maximum absolute atomic E-state index is 11.7. The highest BCUT2D eigenvalue weighted by Crippen LogP contribution is 2.07. The van der Waals surface area contributed by atoms with Gasteiger partial charge in [0.2, 0.25) is 0 Å². The molecule has 1 aromatic carbocycles. The van der Waals surface area contributed by atoms with Gasteiger partial charge < -0.3 is 10.4 Å². The first kappa shape index (κ1) is 13.2. The third-order valence-electron chi connectivity index (χ3n) is 2.35. The van der Waals surface area contributed by atoms with Crippen LogP contribution in [0.15, 0.2) is 29.6 Å². The molecule has 0 fully saturated rings. The van der Waals surface area contributed by atoms with Gasteiger partial charge in [-0.3, -0.25) is 4.79 Å². The minimum atomic E-state index is -0.265. The quantitative estimate of drug-likeness (QED) is 0.812. The molecule has 19 heavy (non-hydrogen) atoms. The number of nitrogens with zero attached hydrogens (tertiary/aromatic N) is 2. The van der Waals surface area contributed by atoms with Crippen LogP contribution in [0.4, 0.5) is 0 Å². The number of aliphatic hydroxyl groups is 1. The maximum Gasteiger partial charge on any atom is 0.273 e. The van der Waals surface area contributed by atoms with E-state index in [-0.39, 0.29) is 12.5 Å². The number of amides is 1. The number of aliphatic hydroxyl groups excluding tert-OH is 1. The van der Waals surface area contributed by atoms with Gasteiger partial charge in [-0.25, -0.2) is 0 Å². The molecule has 0 radical (unpaired) electrons. The first-order valence-electron chi connectivity index (χ1n) is 5.54. The zero-order valence-corrected chi connectivity index (χ0v) is 10.8. The number of rotatable bonds is 3. The highest BCUT2D eigenvalue weighted by molar-refractivity contribution is 7.03. The van der Waals surface area contributed by atoms with Crippen molar-refractivity contribution < 1.29 is 9.90 Å². The van der Waals surface area contributed by atoms with E-state index >= 15 is 0 Å². The molecule has 0 spiro atoms. The molecule has 0 bridgehead atoms. The van der Waals surface area contributed by atoms with E-state index in [0.717, 1.165) is 22.7 Å². The lowest BCUT2D eigenvalue weighted by Crippen LogP contribution is -2.23. The first-order chi connectivity index (χ1) is 9.31. The van der Waals surface area contributed by atoms with Gasteiger partial charge in [-0.05, 0) is 23.2 Å². The van der Waals surface area contributed by atoms with Crippen LogP contribution in [0.5, 0.6) is 0 Å². The highest BCUT2D eigenvalue weighted by Gasteiger charge is 2.08. The molecule has 0 saturated heterocycles. The van der Waals surface area contributed by atoms with Crippen molar-refractivity contribution in [3.63, 3.8) is 0 Å². The van der Waals surface area contributed by atoms with Crippen LogP contribution in [0.3, 0.4) is 0 Å². The molecular formula is C13H11N3O2S. The van der Waals surface area contributed by atoms with E-state index in [9.17, 15) is 4.79 Å². The van der Waals surface area contributed by atoms with Crippen molar-refractivity contribution in [2.75, 3.05) is 6.61 Å². The van der Waals surface area contributed by atoms with Crippen molar-refractivity contribution in [1.82, 2.24) is 14.9 Å². The number of benzene rings is 1. The molecule has 1 amide bonds. The maximum atomic E-state index is 11.7. The van der Waals surface area contributed by atoms with Crippen LogP contribution in [0.2, 0.25) is 0 Å². The fourth-order valence-electron chi connectivity index (χ4n) is 1.46. The molecule has 0 saturated carbocycles. The van der Waals surface area contributed by atoms with Crippen molar-refractivity contribution in [1.29, 1.82) is 0 Å². The zero-order valence-electron chi connectivity index (χ0n) is 9.96. The van der Waals surface area contributed by atoms with Gasteiger partial charge in [-0.15, -0.1) is 5.10 Å². The number of hydrogen-bond donors (Lipinski definition) is 2. The molecule has 96 valence electrons. The van der Waals surface area contributed by atoms with Gasteiger partial charge in [0.25, 0.3) is 5.91 Å². The van der Waals surface area contributed by atoms with E-state index in [1.165, 1.54) is 0 Å². The molecule has 1 heterocycles. The minimum absolute atomic E-state index is 0.189. The smallest absolute Gasteiger partial charge is 0.273 e. The average molecular weight is 273 g/mol. The fraction of sp³-hybridized carbons (Fsp3) is 0.154. The van der Waals surface area contributed by atoms with E-state index in [1.807, 2.05) is 24.3 Å². The van der Waals surface area contributed by atoms with E-state index in [4.69, 9.17) is 5.11 Å². The Morgan fingerprint density at radius 1 is 1.42 bits per heavy atom. The Bertz CT molecular complexity index is 614. The summed E-state index contributed by atoms with van der Waals surface area (Å²) in [5.41, 5.74) is 1.98. The van der Waals surface area contributed by atoms with Crippen LogP contribution in [-0.4, -0.2) is 27.2 Å². The summed E-state index contributed by atoms with van der Waals surface area (Å²) in [5, 5.41) is 16.7. The summed E-state index contributed by atoms with van der Waals surface area (Å²) in [7, 11) is 0. The van der Waals surface area contributed by atoms with Gasteiger partial charge in [0, 0.05) is 17.5 Å². The Hall–Kier alpha value is -2.23. The number of aromatic nitrogens is 2. The van der Waals surface area contributed by atoms with Gasteiger partial charge >= 0.3 is 0 Å². The van der Waals surface area contributed by atoms with Crippen LogP contribution < -0.4 is 5.32 Å². The van der Waals surface area contributed by atoms with Crippen molar-refractivity contribution in [3.8, 4) is 11.8 Å². The van der Waals surface area contributed by atoms with Crippen molar-refractivity contribution >= 4 is 17.4 Å². The van der Waals surface area contributed by atoms with Gasteiger partial charge in [-0.1, -0.05) is 34.5 Å². The molecule has 1 aromatic heterocycles. The Kier molecular flexibility index (Phi) is 4.61. The van der Waals surface area contributed by atoms with Crippen LogP contribution in [0, 0.1) is 11.8 Å². The van der Waals surface area contributed by atoms with E-state index in [1.54, 1.807) is 5.38 Å². The Balaban J connectivity index is 2.05. The standard InChI is InChI=1S/C13H11N3O2S/c17-7-3-6-10-4-1-2-5-11(10)8-14-13(18)12-9-19-16-15-12/h1-2,4-5,9,17H,7-8H2,(H,14,18). The summed E-state index contributed by atoms with van der Waals surface area (Å²) in [6.07, 6.45) is 0. The van der Waals surface area contributed by atoms with Gasteiger partial charge in [0.1, 0.15) is 6.61 Å². The molecule has 2 aromatic rings. The molecule has 0 atom stereocenters. The van der Waals surface area contributed by atoms with Crippen molar-refractivity contribution in [3.05, 3.63) is 46.5 Å². The molecular weight excluding hydrogens is 262 g/mol. The SMILES string of the molecule is O=C(NCc1ccccc1C#CCO)c1csnn1. The van der Waals surface area contributed by atoms with Crippen molar-refractivity contribution in [2.45, 2.75) is 6.54 Å². The van der Waals surface area contributed by atoms with Gasteiger partial charge in [-0.2, -0.15) is 0 Å². The number of hydrogen-bond acceptors (Lipinski definition) is 5. The molecule has 0 unspecified atom stereocenters. The van der Waals surface area contributed by atoms with Gasteiger partial charge in [0.15, 0.2) is 5.69 Å². The largest absolute Gasteiger partial charge is 0.384 e. The summed E-state index contributed by atoms with van der Waals surface area (Å²) < 4.78 is 3.64. The first-order valence-corrected chi connectivity index (χ1v) is 6.38. The monoisotopic (exact) mass is 273 g/mol. The molecule has 2 rings (SSSR count). The van der Waals surface area contributed by atoms with Crippen molar-refractivity contribution in [2.24, 2.45) is 0 Å². The lowest BCUT2D eigenvalue weighted by Gasteiger charge is -2.05. The van der Waals surface area contributed by atoms with E-state index < -0.39 is 0 Å². The summed E-state index contributed by atoms with van der Waals surface area (Å²) in [5.74, 6) is 5.17. The average Bonchev–Trinajstić information content (AvgIpc) is 2.97. The van der Waals surface area contributed by atoms with Crippen LogP contribution in [0.1, 0.15) is 21.6 Å². The second-order valence-electron chi connectivity index (χ2n) is 3.59. The number of carbonyl (C=O) groups excluding carboxylic acids is 1. The molecule has 6 heteroatoms. The molecule has 0 aliphatic rings. The zero-order chi connectivity index (χ0) is 13.5. The number of carbonyl (C=O) groups is 1. The van der Waals surface area contributed by atoms with E-state index in [0.29, 0.717) is 12.2 Å². The molecule has 0 aliphatic heterocycles. The molecule has 5 nitrogen and oxygen atoms in total. The fourth-order valence-corrected chi connectivity index (χ4v) is 1.90. The Morgan fingerprint density at radius 3 is 3.00 bits per heavy atom. The van der Waals surface area contributed by atoms with Crippen LogP contribution in [-0.2, 0) is 6.54 Å². The summed E-state index contributed by atoms with van der Waals surface area (Å²) in [6.45, 7) is 0.165. The second-order valence-corrected chi connectivity index (χ2v) is 4.20. The lowest BCUT2D eigenvalue weighted by atomic mass is 10.1. The lowest BCUT2D eigenvalue weighted by molar-refractivity contribution is 0.0946. The predicted octanol–water partition coefficient (Wildman–Crippen LogP) is 0.812. The second kappa shape index (κ2) is 6.64. The molecule has 2 N–H and O–H groups in total. The minimum Gasteiger partial charge on any atom is -0.384 e. The normalized spacial score (nSPS) is 9.53. The van der Waals surface area contributed by atoms with Gasteiger partial charge in [0.05, 0.1) is 0 Å². The van der Waals surface area contributed by atoms with Crippen LogP contribution in [0.25, 0.3) is 0 Å². The third kappa shape index (κ3) is 3.61. The number of nitrogens with one attached hydrogen (secondary N) is 1. The summed E-state index contributed by atoms with van der Waals surface area (Å²) >= 11 is 1.13. The van der Waals surface area contributed by atoms with E-state index in [2.05, 4.69) is 26.7 Å². The molecule has 0 aliphatic carbocycles. The summed E-state index contributed by atoms with van der Waals surface area (Å²) in [6, 6.07) is 7.45. The predicted molar refractivity (Wildman–Crippen MR) is 71.5 cm³/mol. The van der Waals surface area contributed by atoms with Crippen LogP contribution >= 0.6 is 11.5 Å². The highest BCUT2D eigenvalue weighted by atomic mass is 32.1. The topological polar surface area (TPSA) is 75.1 Å². The summed E-state index contributed by atoms with van der Waals surface area (Å²) in [4.78, 5) is 11.7. The Labute approximate surface area is 114 Å². The Morgan fingerprint density at radius 2 is 2.26 bits per heavy atom.